The molecule has 120 valence electrons. The van der Waals surface area contributed by atoms with Gasteiger partial charge in [-0.3, -0.25) is 9.69 Å². The number of hydrogen-bond acceptors (Lipinski definition) is 5. The summed E-state index contributed by atoms with van der Waals surface area (Å²) in [6.45, 7) is 1.67. The summed E-state index contributed by atoms with van der Waals surface area (Å²) in [6.07, 6.45) is 0.322. The highest BCUT2D eigenvalue weighted by molar-refractivity contribution is 8.14. The Morgan fingerprint density at radius 2 is 2.17 bits per heavy atom. The van der Waals surface area contributed by atoms with Gasteiger partial charge in [-0.1, -0.05) is 30.0 Å². The molecule has 1 amide bonds. The van der Waals surface area contributed by atoms with E-state index in [0.717, 1.165) is 0 Å². The second-order valence-corrected chi connectivity index (χ2v) is 6.23. The van der Waals surface area contributed by atoms with E-state index in [9.17, 15) is 14.0 Å². The van der Waals surface area contributed by atoms with Crippen molar-refractivity contribution in [1.29, 1.82) is 0 Å². The third-order valence-corrected chi connectivity index (χ3v) is 4.77. The number of esters is 1. The minimum absolute atomic E-state index is 0.176. The molecule has 1 fully saturated rings. The van der Waals surface area contributed by atoms with E-state index >= 15 is 0 Å². The molecule has 2 heterocycles. The van der Waals surface area contributed by atoms with Gasteiger partial charge in [-0.2, -0.15) is 0 Å². The Morgan fingerprint density at radius 3 is 2.87 bits per heavy atom. The number of allylic oxidation sites excluding steroid dienone is 1. The average molecular weight is 334 g/mol. The van der Waals surface area contributed by atoms with Crippen LogP contribution in [-0.4, -0.2) is 34.8 Å². The molecule has 3 rings (SSSR count). The highest BCUT2D eigenvalue weighted by Crippen LogP contribution is 2.40. The molecular weight excluding hydrogens is 319 g/mol. The lowest BCUT2D eigenvalue weighted by molar-refractivity contribution is -0.137. The van der Waals surface area contributed by atoms with Gasteiger partial charge in [0.1, 0.15) is 11.9 Å². The Labute approximate surface area is 137 Å². The first-order chi connectivity index (χ1) is 11.0. The number of methoxy groups -OCH3 is 1. The second-order valence-electron chi connectivity index (χ2n) is 5.17. The zero-order valence-electron chi connectivity index (χ0n) is 12.7. The number of amidine groups is 1. The summed E-state index contributed by atoms with van der Waals surface area (Å²) in [6, 6.07) is 5.28. The summed E-state index contributed by atoms with van der Waals surface area (Å²) in [7, 11) is 1.26. The monoisotopic (exact) mass is 334 g/mol. The highest BCUT2D eigenvalue weighted by Gasteiger charge is 2.42. The minimum atomic E-state index is -0.851. The lowest BCUT2D eigenvalue weighted by atomic mass is 9.94. The van der Waals surface area contributed by atoms with Crippen LogP contribution >= 0.6 is 11.8 Å². The third kappa shape index (κ3) is 2.65. The molecule has 5 nitrogen and oxygen atoms in total. The molecule has 1 aromatic rings. The summed E-state index contributed by atoms with van der Waals surface area (Å²) in [4.78, 5) is 30.4. The van der Waals surface area contributed by atoms with E-state index < -0.39 is 17.8 Å². The third-order valence-electron chi connectivity index (χ3n) is 3.81. The lowest BCUT2D eigenvalue weighted by Gasteiger charge is -2.38. The molecular formula is C16H15FN2O3S. The fraction of sp³-hybridized carbons (Fsp3) is 0.312. The average Bonchev–Trinajstić information content (AvgIpc) is 2.54. The second kappa shape index (κ2) is 6.16. The van der Waals surface area contributed by atoms with Gasteiger partial charge >= 0.3 is 5.97 Å². The Bertz CT molecular complexity index is 745. The van der Waals surface area contributed by atoms with E-state index in [-0.39, 0.29) is 17.0 Å². The van der Waals surface area contributed by atoms with E-state index in [4.69, 9.17) is 4.74 Å². The van der Waals surface area contributed by atoms with Gasteiger partial charge in [-0.25, -0.2) is 14.2 Å². The van der Waals surface area contributed by atoms with Crippen LogP contribution < -0.4 is 0 Å². The van der Waals surface area contributed by atoms with Gasteiger partial charge in [-0.05, 0) is 13.0 Å². The molecule has 1 saturated heterocycles. The maximum Gasteiger partial charge on any atom is 0.338 e. The quantitative estimate of drug-likeness (QED) is 0.780. The van der Waals surface area contributed by atoms with E-state index in [1.165, 1.54) is 29.8 Å². The first-order valence-corrected chi connectivity index (χ1v) is 8.10. The Kier molecular flexibility index (Phi) is 4.21. The van der Waals surface area contributed by atoms with Crippen molar-refractivity contribution < 1.29 is 18.7 Å². The van der Waals surface area contributed by atoms with Crippen LogP contribution in [0.4, 0.5) is 4.39 Å². The van der Waals surface area contributed by atoms with Crippen molar-refractivity contribution in [1.82, 2.24) is 4.90 Å². The van der Waals surface area contributed by atoms with Crippen LogP contribution in [-0.2, 0) is 14.3 Å². The van der Waals surface area contributed by atoms with Gasteiger partial charge in [0, 0.05) is 17.7 Å². The molecule has 0 radical (unpaired) electrons. The van der Waals surface area contributed by atoms with Crippen molar-refractivity contribution >= 4 is 28.8 Å². The SMILES string of the molecule is COC(=O)C1=C(C)N=C2SCCC(=O)N2C1c1ccccc1F. The smallest absolute Gasteiger partial charge is 0.338 e. The predicted octanol–water partition coefficient (Wildman–Crippen LogP) is 2.65. The molecule has 0 aliphatic carbocycles. The van der Waals surface area contributed by atoms with Gasteiger partial charge in [0.25, 0.3) is 0 Å². The number of fused-ring (bicyclic) bond motifs is 1. The van der Waals surface area contributed by atoms with Crippen molar-refractivity contribution in [2.24, 2.45) is 4.99 Å². The standard InChI is InChI=1S/C16H15FN2O3S/c1-9-13(15(21)22-2)14(10-5-3-4-6-11(10)17)19-12(20)7-8-23-16(19)18-9/h3-6,14H,7-8H2,1-2H3. The van der Waals surface area contributed by atoms with Crippen LogP contribution in [0.3, 0.4) is 0 Å². The van der Waals surface area contributed by atoms with Crippen molar-refractivity contribution in [3.05, 3.63) is 46.9 Å². The van der Waals surface area contributed by atoms with Crippen molar-refractivity contribution in [2.45, 2.75) is 19.4 Å². The zero-order valence-corrected chi connectivity index (χ0v) is 13.5. The molecule has 1 atom stereocenters. The van der Waals surface area contributed by atoms with Gasteiger partial charge in [0.15, 0.2) is 5.17 Å². The lowest BCUT2D eigenvalue weighted by Crippen LogP contribution is -2.46. The van der Waals surface area contributed by atoms with Gasteiger partial charge in [0.2, 0.25) is 5.91 Å². The summed E-state index contributed by atoms with van der Waals surface area (Å²) in [5, 5.41) is 0.500. The molecule has 1 unspecified atom stereocenters. The Balaban J connectivity index is 2.22. The number of aliphatic imine (C=N–C) groups is 1. The van der Waals surface area contributed by atoms with Crippen molar-refractivity contribution in [3.8, 4) is 0 Å². The van der Waals surface area contributed by atoms with Crippen molar-refractivity contribution in [3.63, 3.8) is 0 Å². The number of nitrogens with zero attached hydrogens (tertiary/aromatic N) is 2. The maximum absolute atomic E-state index is 14.4. The molecule has 0 saturated carbocycles. The van der Waals surface area contributed by atoms with Crippen LogP contribution in [0, 0.1) is 5.82 Å². The largest absolute Gasteiger partial charge is 0.466 e. The first-order valence-electron chi connectivity index (χ1n) is 7.11. The van der Waals surface area contributed by atoms with Crippen LogP contribution in [0.25, 0.3) is 0 Å². The molecule has 23 heavy (non-hydrogen) atoms. The number of carbonyl (C=O) groups is 2. The minimum Gasteiger partial charge on any atom is -0.466 e. The number of hydrogen-bond donors (Lipinski definition) is 0. The fourth-order valence-electron chi connectivity index (χ4n) is 2.76. The van der Waals surface area contributed by atoms with E-state index in [1.807, 2.05) is 0 Å². The van der Waals surface area contributed by atoms with Gasteiger partial charge in [-0.15, -0.1) is 0 Å². The molecule has 0 bridgehead atoms. The summed E-state index contributed by atoms with van der Waals surface area (Å²) >= 11 is 1.43. The van der Waals surface area contributed by atoms with Gasteiger partial charge in [0.05, 0.1) is 18.4 Å². The first kappa shape index (κ1) is 15.7. The zero-order chi connectivity index (χ0) is 16.6. The maximum atomic E-state index is 14.4. The molecule has 0 spiro atoms. The van der Waals surface area contributed by atoms with E-state index in [0.29, 0.717) is 23.0 Å². The number of halogens is 1. The highest BCUT2D eigenvalue weighted by atomic mass is 32.2. The van der Waals surface area contributed by atoms with Crippen molar-refractivity contribution in [2.75, 3.05) is 12.9 Å². The van der Waals surface area contributed by atoms with Crippen LogP contribution in [0.15, 0.2) is 40.5 Å². The Hall–Kier alpha value is -2.15. The number of ether oxygens (including phenoxy) is 1. The molecule has 0 aromatic heterocycles. The number of amides is 1. The predicted molar refractivity (Wildman–Crippen MR) is 85.2 cm³/mol. The number of benzene rings is 1. The van der Waals surface area contributed by atoms with E-state index in [1.54, 1.807) is 25.1 Å². The number of rotatable bonds is 2. The summed E-state index contributed by atoms with van der Waals surface area (Å²) < 4.78 is 19.2. The summed E-state index contributed by atoms with van der Waals surface area (Å²) in [5.74, 6) is -0.637. The van der Waals surface area contributed by atoms with Crippen LogP contribution in [0.2, 0.25) is 0 Å². The van der Waals surface area contributed by atoms with Gasteiger partial charge < -0.3 is 4.74 Å². The molecule has 2 aliphatic rings. The molecule has 0 N–H and O–H groups in total. The van der Waals surface area contributed by atoms with Crippen LogP contribution in [0.5, 0.6) is 0 Å². The molecule has 2 aliphatic heterocycles. The number of thioether (sulfide) groups is 1. The number of carbonyl (C=O) groups excluding carboxylic acids is 2. The fourth-order valence-corrected chi connectivity index (χ4v) is 3.77. The van der Waals surface area contributed by atoms with Crippen LogP contribution in [0.1, 0.15) is 24.9 Å². The Morgan fingerprint density at radius 1 is 1.43 bits per heavy atom. The normalized spacial score (nSPS) is 21.0. The molecule has 7 heteroatoms. The summed E-state index contributed by atoms with van der Waals surface area (Å²) in [5.41, 5.74) is 0.895. The topological polar surface area (TPSA) is 59.0 Å². The molecule has 1 aromatic carbocycles. The van der Waals surface area contributed by atoms with E-state index in [2.05, 4.69) is 4.99 Å².